The van der Waals surface area contributed by atoms with Crippen LogP contribution < -0.4 is 0 Å². The molecular formula is C14H19F3O. The van der Waals surface area contributed by atoms with Crippen LogP contribution in [0.25, 0.3) is 0 Å². The highest BCUT2D eigenvalue weighted by molar-refractivity contribution is 5.26. The molecule has 0 fully saturated rings. The lowest BCUT2D eigenvalue weighted by Crippen LogP contribution is -2.08. The van der Waals surface area contributed by atoms with E-state index in [-0.39, 0.29) is 0 Å². The third kappa shape index (κ3) is 4.02. The summed E-state index contributed by atoms with van der Waals surface area (Å²) in [6, 6.07) is 4.75. The Morgan fingerprint density at radius 1 is 1.06 bits per heavy atom. The molecule has 0 saturated heterocycles. The molecule has 1 rings (SSSR count). The molecule has 0 aliphatic heterocycles. The number of hydrogen-bond donors (Lipinski definition) is 1. The van der Waals surface area contributed by atoms with Crippen molar-refractivity contribution in [1.82, 2.24) is 0 Å². The van der Waals surface area contributed by atoms with Crippen LogP contribution in [0, 0.1) is 5.92 Å². The Balaban J connectivity index is 2.73. The van der Waals surface area contributed by atoms with E-state index >= 15 is 0 Å². The summed E-state index contributed by atoms with van der Waals surface area (Å²) in [7, 11) is 0. The largest absolute Gasteiger partial charge is 0.416 e. The smallest absolute Gasteiger partial charge is 0.388 e. The average Bonchev–Trinajstić information content (AvgIpc) is 2.34. The summed E-state index contributed by atoms with van der Waals surface area (Å²) >= 11 is 0. The molecule has 0 aromatic heterocycles. The van der Waals surface area contributed by atoms with Gasteiger partial charge in [0, 0.05) is 0 Å². The second kappa shape index (κ2) is 6.23. The fourth-order valence-corrected chi connectivity index (χ4v) is 1.97. The third-order valence-corrected chi connectivity index (χ3v) is 3.33. The van der Waals surface area contributed by atoms with Gasteiger partial charge in [0.15, 0.2) is 0 Å². The summed E-state index contributed by atoms with van der Waals surface area (Å²) in [5.41, 5.74) is -0.129. The van der Waals surface area contributed by atoms with Gasteiger partial charge in [0.25, 0.3) is 0 Å². The van der Waals surface area contributed by atoms with Crippen LogP contribution in [0.1, 0.15) is 50.3 Å². The Morgan fingerprint density at radius 2 is 1.56 bits per heavy atom. The molecule has 1 unspecified atom stereocenters. The molecule has 0 bridgehead atoms. The first-order valence-electron chi connectivity index (χ1n) is 6.23. The summed E-state index contributed by atoms with van der Waals surface area (Å²) in [4.78, 5) is 0. The highest BCUT2D eigenvalue weighted by Crippen LogP contribution is 2.31. The van der Waals surface area contributed by atoms with Crippen LogP contribution in [0.4, 0.5) is 13.2 Å². The maximum atomic E-state index is 12.4. The van der Waals surface area contributed by atoms with Gasteiger partial charge in [-0.3, -0.25) is 0 Å². The van der Waals surface area contributed by atoms with Gasteiger partial charge in [0.2, 0.25) is 0 Å². The fourth-order valence-electron chi connectivity index (χ4n) is 1.97. The predicted molar refractivity (Wildman–Crippen MR) is 65.1 cm³/mol. The molecule has 0 aliphatic carbocycles. The van der Waals surface area contributed by atoms with Crippen LogP contribution in [0.2, 0.25) is 0 Å². The standard InChI is InChI=1S/C14H19F3O/c1-3-10(4-2)9-13(18)11-5-7-12(8-6-11)14(15,16)17/h5-8,10,13,18H,3-4,9H2,1-2H3. The van der Waals surface area contributed by atoms with Gasteiger partial charge in [0.05, 0.1) is 11.7 Å². The summed E-state index contributed by atoms with van der Waals surface area (Å²) in [5.74, 6) is 0.405. The molecule has 0 aliphatic rings. The van der Waals surface area contributed by atoms with E-state index in [0.29, 0.717) is 17.9 Å². The Labute approximate surface area is 106 Å². The van der Waals surface area contributed by atoms with E-state index in [1.807, 2.05) is 13.8 Å². The molecule has 0 radical (unpaired) electrons. The van der Waals surface area contributed by atoms with Gasteiger partial charge < -0.3 is 5.11 Å². The van der Waals surface area contributed by atoms with Crippen molar-refractivity contribution in [2.45, 2.75) is 45.4 Å². The highest BCUT2D eigenvalue weighted by atomic mass is 19.4. The van der Waals surface area contributed by atoms with Crippen LogP contribution in [-0.4, -0.2) is 5.11 Å². The zero-order chi connectivity index (χ0) is 13.8. The van der Waals surface area contributed by atoms with Crippen molar-refractivity contribution in [2.75, 3.05) is 0 Å². The topological polar surface area (TPSA) is 20.2 Å². The van der Waals surface area contributed by atoms with Crippen molar-refractivity contribution in [3.05, 3.63) is 35.4 Å². The lowest BCUT2D eigenvalue weighted by molar-refractivity contribution is -0.137. The van der Waals surface area contributed by atoms with Crippen LogP contribution in [0.15, 0.2) is 24.3 Å². The minimum atomic E-state index is -4.32. The first kappa shape index (κ1) is 15.0. The Morgan fingerprint density at radius 3 is 1.94 bits per heavy atom. The molecule has 0 saturated carbocycles. The minimum Gasteiger partial charge on any atom is -0.388 e. The number of rotatable bonds is 5. The number of aliphatic hydroxyl groups excluding tert-OH is 1. The van der Waals surface area contributed by atoms with Crippen molar-refractivity contribution in [3.63, 3.8) is 0 Å². The van der Waals surface area contributed by atoms with Crippen LogP contribution in [0.3, 0.4) is 0 Å². The molecule has 102 valence electrons. The molecule has 1 nitrogen and oxygen atoms in total. The zero-order valence-electron chi connectivity index (χ0n) is 10.7. The summed E-state index contributed by atoms with van der Waals surface area (Å²) < 4.78 is 37.1. The van der Waals surface area contributed by atoms with Crippen LogP contribution >= 0.6 is 0 Å². The quantitative estimate of drug-likeness (QED) is 0.822. The van der Waals surface area contributed by atoms with E-state index in [9.17, 15) is 18.3 Å². The third-order valence-electron chi connectivity index (χ3n) is 3.33. The molecule has 4 heteroatoms. The van der Waals surface area contributed by atoms with Gasteiger partial charge in [-0.25, -0.2) is 0 Å². The van der Waals surface area contributed by atoms with Crippen molar-refractivity contribution in [2.24, 2.45) is 5.92 Å². The van der Waals surface area contributed by atoms with Gasteiger partial charge >= 0.3 is 6.18 Å². The van der Waals surface area contributed by atoms with Gasteiger partial charge in [-0.05, 0) is 30.0 Å². The fraction of sp³-hybridized carbons (Fsp3) is 0.571. The first-order chi connectivity index (χ1) is 8.38. The SMILES string of the molecule is CCC(CC)CC(O)c1ccc(C(F)(F)F)cc1. The lowest BCUT2D eigenvalue weighted by Gasteiger charge is -2.18. The van der Waals surface area contributed by atoms with E-state index < -0.39 is 17.8 Å². The number of halogens is 3. The first-order valence-corrected chi connectivity index (χ1v) is 6.23. The normalized spacial score (nSPS) is 13.9. The number of benzene rings is 1. The molecule has 0 heterocycles. The van der Waals surface area contributed by atoms with Crippen LogP contribution in [0.5, 0.6) is 0 Å². The van der Waals surface area contributed by atoms with Crippen molar-refractivity contribution < 1.29 is 18.3 Å². The van der Waals surface area contributed by atoms with E-state index in [0.717, 1.165) is 25.0 Å². The second-order valence-corrected chi connectivity index (χ2v) is 4.55. The molecule has 1 atom stereocenters. The molecule has 18 heavy (non-hydrogen) atoms. The summed E-state index contributed by atoms with van der Waals surface area (Å²) in [6.07, 6.45) is -2.48. The maximum Gasteiger partial charge on any atom is 0.416 e. The van der Waals surface area contributed by atoms with Gasteiger partial charge in [-0.2, -0.15) is 13.2 Å². The molecular weight excluding hydrogens is 241 g/mol. The van der Waals surface area contributed by atoms with E-state index in [1.165, 1.54) is 12.1 Å². The molecule has 0 amide bonds. The highest BCUT2D eigenvalue weighted by Gasteiger charge is 2.30. The minimum absolute atomic E-state index is 0.405. The van der Waals surface area contributed by atoms with E-state index in [1.54, 1.807) is 0 Å². The zero-order valence-corrected chi connectivity index (χ0v) is 10.7. The average molecular weight is 260 g/mol. The summed E-state index contributed by atoms with van der Waals surface area (Å²) in [5, 5.41) is 9.97. The van der Waals surface area contributed by atoms with Crippen molar-refractivity contribution in [1.29, 1.82) is 0 Å². The monoisotopic (exact) mass is 260 g/mol. The van der Waals surface area contributed by atoms with Crippen LogP contribution in [-0.2, 0) is 6.18 Å². The van der Waals surface area contributed by atoms with Crippen molar-refractivity contribution >= 4 is 0 Å². The van der Waals surface area contributed by atoms with Gasteiger partial charge in [-0.15, -0.1) is 0 Å². The predicted octanol–water partition coefficient (Wildman–Crippen LogP) is 4.57. The van der Waals surface area contributed by atoms with Gasteiger partial charge in [0.1, 0.15) is 0 Å². The Bertz CT molecular complexity index is 352. The molecule has 1 aromatic carbocycles. The number of hydrogen-bond acceptors (Lipinski definition) is 1. The molecule has 1 N–H and O–H groups in total. The second-order valence-electron chi connectivity index (χ2n) is 4.55. The lowest BCUT2D eigenvalue weighted by atomic mass is 9.92. The summed E-state index contributed by atoms with van der Waals surface area (Å²) in [6.45, 7) is 4.10. The maximum absolute atomic E-state index is 12.4. The number of alkyl halides is 3. The Kier molecular flexibility index (Phi) is 5.20. The van der Waals surface area contributed by atoms with Gasteiger partial charge in [-0.1, -0.05) is 38.8 Å². The van der Waals surface area contributed by atoms with E-state index in [2.05, 4.69) is 0 Å². The Hall–Kier alpha value is -1.03. The molecule has 1 aromatic rings. The number of aliphatic hydroxyl groups is 1. The van der Waals surface area contributed by atoms with E-state index in [4.69, 9.17) is 0 Å². The van der Waals surface area contributed by atoms with Crippen molar-refractivity contribution in [3.8, 4) is 0 Å². The molecule has 0 spiro atoms.